The zero-order valence-electron chi connectivity index (χ0n) is 12.9. The lowest BCUT2D eigenvalue weighted by molar-refractivity contribution is 0.671. The van der Waals surface area contributed by atoms with Crippen LogP contribution in [0.3, 0.4) is 0 Å². The molecule has 20 heavy (non-hydrogen) atoms. The zero-order chi connectivity index (χ0) is 15.6. The van der Waals surface area contributed by atoms with Crippen LogP contribution in [0.15, 0.2) is 32.9 Å². The molecule has 0 fully saturated rings. The number of hydrogen-bond donors (Lipinski definition) is 1. The summed E-state index contributed by atoms with van der Waals surface area (Å²) in [5, 5.41) is 8.83. The molecular weight excluding hydrogens is 290 g/mol. The zero-order valence-corrected chi connectivity index (χ0v) is 14.6. The maximum absolute atomic E-state index is 13.1. The van der Waals surface area contributed by atoms with Gasteiger partial charge in [0.15, 0.2) is 0 Å². The van der Waals surface area contributed by atoms with Gasteiger partial charge in [0.25, 0.3) is 0 Å². The summed E-state index contributed by atoms with van der Waals surface area (Å²) in [5.74, 6) is 0. The highest BCUT2D eigenvalue weighted by Crippen LogP contribution is 2.55. The molecule has 0 aliphatic carbocycles. The average Bonchev–Trinajstić information content (AvgIpc) is 2.37. The molecule has 0 radical (unpaired) electrons. The summed E-state index contributed by atoms with van der Waals surface area (Å²) in [7, 11) is -2.42. The minimum Gasteiger partial charge on any atom is -0.230 e. The third-order valence-corrected chi connectivity index (χ3v) is 10.2. The fourth-order valence-corrected chi connectivity index (χ4v) is 5.66. The predicted octanol–water partition coefficient (Wildman–Crippen LogP) is 3.30. The van der Waals surface area contributed by atoms with Crippen molar-refractivity contribution in [1.82, 2.24) is 4.72 Å². The van der Waals surface area contributed by atoms with E-state index in [0.29, 0.717) is 10.5 Å². The Bertz CT molecular complexity index is 628. The molecule has 0 saturated carbocycles. The molecule has 0 saturated heterocycles. The van der Waals surface area contributed by atoms with Gasteiger partial charge in [-0.05, 0) is 43.8 Å². The Labute approximate surface area is 124 Å². The number of hydrogen-bond acceptors (Lipinski definition) is 3. The third-order valence-electron chi connectivity index (χ3n) is 3.37. The molecule has 112 valence electrons. The highest BCUT2D eigenvalue weighted by molar-refractivity contribution is 8.35. The normalized spacial score (nSPS) is 16.1. The van der Waals surface area contributed by atoms with Crippen molar-refractivity contribution in [3.63, 3.8) is 0 Å². The van der Waals surface area contributed by atoms with E-state index in [0.717, 1.165) is 0 Å². The number of nitrogens with zero attached hydrogens (tertiary/aromatic N) is 2. The molecule has 0 aliphatic heterocycles. The first-order chi connectivity index (χ1) is 9.05. The van der Waals surface area contributed by atoms with Crippen molar-refractivity contribution in [3.8, 4) is 6.07 Å². The molecule has 1 aromatic carbocycles. The molecule has 1 aromatic rings. The number of benzene rings is 1. The van der Waals surface area contributed by atoms with Crippen LogP contribution in [-0.4, -0.2) is 28.5 Å². The van der Waals surface area contributed by atoms with E-state index in [2.05, 4.69) is 47.8 Å². The molecule has 0 amide bonds. The molecule has 1 N–H and O–H groups in total. The SMILES string of the molecule is CNS(=O)(=NS(C)(C)C(C)(C)C)c1ccc(C#N)cc1. The van der Waals surface area contributed by atoms with Gasteiger partial charge in [-0.3, -0.25) is 0 Å². The van der Waals surface area contributed by atoms with Gasteiger partial charge in [-0.25, -0.2) is 8.93 Å². The molecule has 0 aliphatic rings. The number of rotatable bonds is 3. The van der Waals surface area contributed by atoms with Gasteiger partial charge in [0, 0.05) is 4.75 Å². The molecule has 1 rings (SSSR count). The predicted molar refractivity (Wildman–Crippen MR) is 88.2 cm³/mol. The van der Waals surface area contributed by atoms with E-state index in [-0.39, 0.29) is 4.75 Å². The van der Waals surface area contributed by atoms with Gasteiger partial charge in [-0.2, -0.15) is 9.03 Å². The van der Waals surface area contributed by atoms with Crippen LogP contribution in [0.1, 0.15) is 26.3 Å². The smallest absolute Gasteiger partial charge is 0.146 e. The van der Waals surface area contributed by atoms with Gasteiger partial charge in [0.2, 0.25) is 0 Å². The highest BCUT2D eigenvalue weighted by atomic mass is 32.3. The summed E-state index contributed by atoms with van der Waals surface area (Å²) in [4.78, 5) is 0.615. The lowest BCUT2D eigenvalue weighted by Crippen LogP contribution is -2.26. The summed E-state index contributed by atoms with van der Waals surface area (Å²) in [6.07, 6.45) is 4.13. The Hall–Kier alpha value is -1.03. The molecule has 0 heterocycles. The van der Waals surface area contributed by atoms with E-state index in [9.17, 15) is 4.21 Å². The molecule has 0 bridgehead atoms. The van der Waals surface area contributed by atoms with E-state index in [1.807, 2.05) is 0 Å². The number of nitriles is 1. The summed E-state index contributed by atoms with van der Waals surface area (Å²) < 4.78 is 20.6. The van der Waals surface area contributed by atoms with Crippen LogP contribution in [0.4, 0.5) is 0 Å². The monoisotopic (exact) mass is 313 g/mol. The first kappa shape index (κ1) is 17.0. The van der Waals surface area contributed by atoms with Crippen LogP contribution in [0, 0.1) is 11.3 Å². The van der Waals surface area contributed by atoms with Gasteiger partial charge in [0.05, 0.1) is 16.5 Å². The molecule has 4 nitrogen and oxygen atoms in total. The lowest BCUT2D eigenvalue weighted by Gasteiger charge is -2.40. The fourth-order valence-electron chi connectivity index (χ4n) is 1.29. The second kappa shape index (κ2) is 5.76. The van der Waals surface area contributed by atoms with Gasteiger partial charge >= 0.3 is 0 Å². The van der Waals surface area contributed by atoms with Crippen molar-refractivity contribution in [2.24, 2.45) is 3.77 Å². The summed E-state index contributed by atoms with van der Waals surface area (Å²) in [5.41, 5.74) is 0.550. The summed E-state index contributed by atoms with van der Waals surface area (Å²) >= 11 is 0. The topological polar surface area (TPSA) is 65.2 Å². The van der Waals surface area contributed by atoms with Crippen molar-refractivity contribution in [2.75, 3.05) is 19.6 Å². The van der Waals surface area contributed by atoms with Crippen LogP contribution in [0.5, 0.6) is 0 Å². The van der Waals surface area contributed by atoms with Gasteiger partial charge in [-0.15, -0.1) is 10.2 Å². The Morgan fingerprint density at radius 3 is 2.05 bits per heavy atom. The Kier molecular flexibility index (Phi) is 4.90. The molecule has 1 atom stereocenters. The quantitative estimate of drug-likeness (QED) is 0.930. The van der Waals surface area contributed by atoms with Gasteiger partial charge in [0.1, 0.15) is 9.92 Å². The van der Waals surface area contributed by atoms with Crippen molar-refractivity contribution < 1.29 is 4.21 Å². The van der Waals surface area contributed by atoms with Gasteiger partial charge in [-0.1, -0.05) is 20.8 Å². The van der Waals surface area contributed by atoms with Crippen LogP contribution >= 0.6 is 10.2 Å². The summed E-state index contributed by atoms with van der Waals surface area (Å²) in [6, 6.07) is 8.81. The van der Waals surface area contributed by atoms with Crippen molar-refractivity contribution in [3.05, 3.63) is 29.8 Å². The Morgan fingerprint density at radius 1 is 1.20 bits per heavy atom. The summed E-state index contributed by atoms with van der Waals surface area (Å²) in [6.45, 7) is 6.33. The molecule has 0 spiro atoms. The Morgan fingerprint density at radius 2 is 1.70 bits per heavy atom. The fraction of sp³-hybridized carbons (Fsp3) is 0.500. The maximum atomic E-state index is 13.1. The highest BCUT2D eigenvalue weighted by Gasteiger charge is 2.29. The van der Waals surface area contributed by atoms with Crippen LogP contribution < -0.4 is 4.72 Å². The second-order valence-corrected chi connectivity index (χ2v) is 12.1. The van der Waals surface area contributed by atoms with Crippen molar-refractivity contribution >= 4 is 20.1 Å². The number of nitrogens with one attached hydrogen (secondary N) is 1. The van der Waals surface area contributed by atoms with E-state index < -0.39 is 20.1 Å². The third kappa shape index (κ3) is 3.54. The minimum atomic E-state index is -2.67. The second-order valence-electron chi connectivity index (χ2n) is 5.83. The molecule has 6 heteroatoms. The largest absolute Gasteiger partial charge is 0.230 e. The molecule has 0 aromatic heterocycles. The van der Waals surface area contributed by atoms with E-state index in [1.165, 1.54) is 0 Å². The van der Waals surface area contributed by atoms with Crippen LogP contribution in [0.2, 0.25) is 0 Å². The van der Waals surface area contributed by atoms with E-state index >= 15 is 0 Å². The standard InChI is InChI=1S/C14H23N3OS2/c1-14(2,3)19(5,6)17-20(18,16-4)13-9-7-12(11-15)8-10-13/h7-10H,1-6H3,(H,16,17,18). The van der Waals surface area contributed by atoms with E-state index in [4.69, 9.17) is 5.26 Å². The minimum absolute atomic E-state index is 0.0287. The van der Waals surface area contributed by atoms with Crippen LogP contribution in [-0.2, 0) is 9.92 Å². The van der Waals surface area contributed by atoms with Crippen molar-refractivity contribution in [1.29, 1.82) is 5.26 Å². The Balaban J connectivity index is 3.41. The average molecular weight is 313 g/mol. The van der Waals surface area contributed by atoms with Crippen molar-refractivity contribution in [2.45, 2.75) is 30.4 Å². The van der Waals surface area contributed by atoms with Gasteiger partial charge < -0.3 is 0 Å². The molecular formula is C14H23N3OS2. The maximum Gasteiger partial charge on any atom is 0.146 e. The first-order valence-corrected chi connectivity index (χ1v) is 10.2. The first-order valence-electron chi connectivity index (χ1n) is 6.26. The lowest BCUT2D eigenvalue weighted by atomic mass is 10.2. The molecule has 1 unspecified atom stereocenters. The van der Waals surface area contributed by atoms with E-state index in [1.54, 1.807) is 31.3 Å². The van der Waals surface area contributed by atoms with Crippen LogP contribution in [0.25, 0.3) is 0 Å².